The first kappa shape index (κ1) is 9.19. The molecule has 1 N–H and O–H groups in total. The SMILES string of the molecule is C=C1C[C@@]2(CO)CO[C@H](OC)[C@@H]1C2. The molecule has 1 saturated heterocycles. The molecule has 2 aliphatic rings. The maximum absolute atomic E-state index is 9.28. The van der Waals surface area contributed by atoms with Crippen LogP contribution in [0.2, 0.25) is 0 Å². The first-order valence-electron chi connectivity index (χ1n) is 4.64. The maximum Gasteiger partial charge on any atom is 0.163 e. The Bertz CT molecular complexity index is 226. The standard InChI is InChI=1S/C10H16O3/c1-7-3-10(5-11)4-8(7)9(12-2)13-6-10/h8-9,11H,1,3-6H2,2H3/t8-,9+,10-/m1/s1. The fourth-order valence-electron chi connectivity index (χ4n) is 2.47. The van der Waals surface area contributed by atoms with Gasteiger partial charge in [0, 0.05) is 18.4 Å². The van der Waals surface area contributed by atoms with E-state index in [-0.39, 0.29) is 24.2 Å². The van der Waals surface area contributed by atoms with E-state index in [4.69, 9.17) is 9.47 Å². The van der Waals surface area contributed by atoms with Crippen LogP contribution in [0.5, 0.6) is 0 Å². The van der Waals surface area contributed by atoms with Crippen LogP contribution in [0.25, 0.3) is 0 Å². The summed E-state index contributed by atoms with van der Waals surface area (Å²) in [7, 11) is 1.65. The second kappa shape index (κ2) is 3.08. The number of aliphatic hydroxyl groups excluding tert-OH is 1. The minimum atomic E-state index is -0.144. The van der Waals surface area contributed by atoms with Crippen molar-refractivity contribution in [3.63, 3.8) is 0 Å². The van der Waals surface area contributed by atoms with E-state index in [2.05, 4.69) is 6.58 Å². The first-order valence-corrected chi connectivity index (χ1v) is 4.64. The summed E-state index contributed by atoms with van der Waals surface area (Å²) in [4.78, 5) is 0. The van der Waals surface area contributed by atoms with E-state index in [1.165, 1.54) is 5.57 Å². The molecule has 0 aromatic heterocycles. The van der Waals surface area contributed by atoms with Gasteiger partial charge in [0.15, 0.2) is 6.29 Å². The van der Waals surface area contributed by atoms with Gasteiger partial charge in [-0.05, 0) is 12.8 Å². The Hall–Kier alpha value is -0.380. The van der Waals surface area contributed by atoms with Crippen LogP contribution >= 0.6 is 0 Å². The highest BCUT2D eigenvalue weighted by Crippen LogP contribution is 2.50. The fraction of sp³-hybridized carbons (Fsp3) is 0.800. The Morgan fingerprint density at radius 2 is 2.54 bits per heavy atom. The molecule has 2 bridgehead atoms. The van der Waals surface area contributed by atoms with Crippen molar-refractivity contribution in [1.82, 2.24) is 0 Å². The Morgan fingerprint density at radius 3 is 3.15 bits per heavy atom. The number of fused-ring (bicyclic) bond motifs is 2. The third-order valence-electron chi connectivity index (χ3n) is 3.23. The molecular weight excluding hydrogens is 168 g/mol. The van der Waals surface area contributed by atoms with Gasteiger partial charge in [0.1, 0.15) is 0 Å². The zero-order chi connectivity index (χ0) is 9.47. The first-order chi connectivity index (χ1) is 6.21. The number of hydrogen-bond donors (Lipinski definition) is 1. The number of ether oxygens (including phenoxy) is 2. The monoisotopic (exact) mass is 184 g/mol. The molecule has 13 heavy (non-hydrogen) atoms. The molecule has 0 unspecified atom stereocenters. The van der Waals surface area contributed by atoms with Crippen molar-refractivity contribution < 1.29 is 14.6 Å². The highest BCUT2D eigenvalue weighted by Gasteiger charge is 2.49. The molecule has 3 atom stereocenters. The van der Waals surface area contributed by atoms with Crippen molar-refractivity contribution in [2.75, 3.05) is 20.3 Å². The minimum absolute atomic E-state index is 0.0587. The Balaban J connectivity index is 2.17. The molecule has 0 aromatic rings. The van der Waals surface area contributed by atoms with Gasteiger partial charge in [-0.15, -0.1) is 0 Å². The molecule has 2 rings (SSSR count). The lowest BCUT2D eigenvalue weighted by atomic mass is 9.85. The third-order valence-corrected chi connectivity index (χ3v) is 3.23. The van der Waals surface area contributed by atoms with Crippen molar-refractivity contribution in [2.45, 2.75) is 19.1 Å². The molecule has 0 spiro atoms. The lowest BCUT2D eigenvalue weighted by Gasteiger charge is -2.34. The average molecular weight is 184 g/mol. The molecule has 3 heteroatoms. The summed E-state index contributed by atoms with van der Waals surface area (Å²) in [5.74, 6) is 0.283. The highest BCUT2D eigenvalue weighted by atomic mass is 16.7. The predicted molar refractivity (Wildman–Crippen MR) is 48.1 cm³/mol. The van der Waals surface area contributed by atoms with Crippen molar-refractivity contribution in [1.29, 1.82) is 0 Å². The highest BCUT2D eigenvalue weighted by molar-refractivity contribution is 5.16. The van der Waals surface area contributed by atoms with Gasteiger partial charge in [-0.3, -0.25) is 0 Å². The van der Waals surface area contributed by atoms with Crippen LogP contribution in [0.15, 0.2) is 12.2 Å². The lowest BCUT2D eigenvalue weighted by molar-refractivity contribution is -0.194. The molecule has 0 radical (unpaired) electrons. The van der Waals surface area contributed by atoms with Gasteiger partial charge in [-0.2, -0.15) is 0 Å². The van der Waals surface area contributed by atoms with Crippen molar-refractivity contribution in [3.8, 4) is 0 Å². The smallest absolute Gasteiger partial charge is 0.163 e. The second-order valence-corrected chi connectivity index (χ2v) is 4.22. The Labute approximate surface area is 78.3 Å². The van der Waals surface area contributed by atoms with Crippen LogP contribution in [0.1, 0.15) is 12.8 Å². The second-order valence-electron chi connectivity index (χ2n) is 4.22. The van der Waals surface area contributed by atoms with E-state index in [1.807, 2.05) is 0 Å². The summed E-state index contributed by atoms with van der Waals surface area (Å²) in [6.07, 6.45) is 1.70. The van der Waals surface area contributed by atoms with E-state index >= 15 is 0 Å². The molecular formula is C10H16O3. The minimum Gasteiger partial charge on any atom is -0.396 e. The Morgan fingerprint density at radius 1 is 1.77 bits per heavy atom. The fourth-order valence-corrected chi connectivity index (χ4v) is 2.47. The quantitative estimate of drug-likeness (QED) is 0.649. The van der Waals surface area contributed by atoms with Crippen LogP contribution in [0.3, 0.4) is 0 Å². The average Bonchev–Trinajstić information content (AvgIpc) is 2.42. The Kier molecular flexibility index (Phi) is 2.18. The number of methoxy groups -OCH3 is 1. The zero-order valence-electron chi connectivity index (χ0n) is 7.95. The van der Waals surface area contributed by atoms with E-state index in [0.29, 0.717) is 6.61 Å². The van der Waals surface area contributed by atoms with Gasteiger partial charge >= 0.3 is 0 Å². The summed E-state index contributed by atoms with van der Waals surface area (Å²) in [5, 5.41) is 9.28. The van der Waals surface area contributed by atoms with Gasteiger partial charge in [-0.25, -0.2) is 0 Å². The van der Waals surface area contributed by atoms with Crippen molar-refractivity contribution in [3.05, 3.63) is 12.2 Å². The van der Waals surface area contributed by atoms with Gasteiger partial charge in [0.05, 0.1) is 13.2 Å². The molecule has 2 fully saturated rings. The largest absolute Gasteiger partial charge is 0.396 e. The third kappa shape index (κ3) is 1.31. The van der Waals surface area contributed by atoms with E-state index in [1.54, 1.807) is 7.11 Å². The molecule has 1 saturated carbocycles. The molecule has 74 valence electrons. The summed E-state index contributed by atoms with van der Waals surface area (Å²) < 4.78 is 10.8. The van der Waals surface area contributed by atoms with Gasteiger partial charge in [0.25, 0.3) is 0 Å². The molecule has 1 heterocycles. The van der Waals surface area contributed by atoms with E-state index in [9.17, 15) is 5.11 Å². The van der Waals surface area contributed by atoms with Crippen molar-refractivity contribution in [2.24, 2.45) is 11.3 Å². The summed E-state index contributed by atoms with van der Waals surface area (Å²) in [6, 6.07) is 0. The molecule has 3 nitrogen and oxygen atoms in total. The molecule has 0 amide bonds. The summed E-state index contributed by atoms with van der Waals surface area (Å²) in [6.45, 7) is 4.81. The van der Waals surface area contributed by atoms with Crippen LogP contribution < -0.4 is 0 Å². The maximum atomic E-state index is 9.28. The van der Waals surface area contributed by atoms with Crippen LogP contribution in [-0.4, -0.2) is 31.7 Å². The zero-order valence-corrected chi connectivity index (χ0v) is 7.95. The van der Waals surface area contributed by atoms with Gasteiger partial charge in [0.2, 0.25) is 0 Å². The van der Waals surface area contributed by atoms with Crippen molar-refractivity contribution >= 4 is 0 Å². The van der Waals surface area contributed by atoms with E-state index in [0.717, 1.165) is 12.8 Å². The lowest BCUT2D eigenvalue weighted by Crippen LogP contribution is -2.38. The number of hydrogen-bond acceptors (Lipinski definition) is 3. The van der Waals surface area contributed by atoms with Crippen LogP contribution in [-0.2, 0) is 9.47 Å². The normalized spacial score (nSPS) is 44.0. The van der Waals surface area contributed by atoms with E-state index < -0.39 is 0 Å². The van der Waals surface area contributed by atoms with Gasteiger partial charge < -0.3 is 14.6 Å². The van der Waals surface area contributed by atoms with Crippen LogP contribution in [0, 0.1) is 11.3 Å². The summed E-state index contributed by atoms with van der Waals surface area (Å²) >= 11 is 0. The van der Waals surface area contributed by atoms with Crippen LogP contribution in [0.4, 0.5) is 0 Å². The topological polar surface area (TPSA) is 38.7 Å². The molecule has 1 aliphatic heterocycles. The predicted octanol–water partition coefficient (Wildman–Crippen LogP) is 0.934. The number of aliphatic hydroxyl groups is 1. The number of rotatable bonds is 2. The molecule has 1 aliphatic carbocycles. The molecule has 0 aromatic carbocycles. The summed E-state index contributed by atoms with van der Waals surface area (Å²) in [5.41, 5.74) is 1.11. The van der Waals surface area contributed by atoms with Gasteiger partial charge in [-0.1, -0.05) is 12.2 Å².